The molecular weight excluding hydrogens is 204 g/mol. The predicted octanol–water partition coefficient (Wildman–Crippen LogP) is 1.81. The van der Waals surface area contributed by atoms with Crippen LogP contribution in [0, 0.1) is 5.21 Å². The summed E-state index contributed by atoms with van der Waals surface area (Å²) in [7, 11) is 1.09. The van der Waals surface area contributed by atoms with Crippen LogP contribution in [0.15, 0.2) is 35.5 Å². The van der Waals surface area contributed by atoms with Crippen molar-refractivity contribution in [2.75, 3.05) is 0 Å². The molecule has 66 valence electrons. The lowest BCUT2D eigenvalue weighted by atomic mass is 10.3. The maximum Gasteiger partial charge on any atom is 0.280 e. The zero-order valence-electron chi connectivity index (χ0n) is 6.54. The van der Waals surface area contributed by atoms with Crippen LogP contribution in [0.4, 0.5) is 0 Å². The molecule has 1 aromatic carbocycles. The van der Waals surface area contributed by atoms with Crippen LogP contribution >= 0.6 is 22.5 Å². The summed E-state index contributed by atoms with van der Waals surface area (Å²) in [5.41, 5.74) is 1.27. The van der Waals surface area contributed by atoms with Crippen LogP contribution in [-0.4, -0.2) is 4.98 Å². The minimum Gasteiger partial charge on any atom is -0.617 e. The third kappa shape index (κ3) is 1.45. The summed E-state index contributed by atoms with van der Waals surface area (Å²) in [6.45, 7) is 0. The van der Waals surface area contributed by atoms with Crippen LogP contribution in [0.3, 0.4) is 0 Å². The average Bonchev–Trinajstić information content (AvgIpc) is 2.19. The summed E-state index contributed by atoms with van der Waals surface area (Å²) >= 11 is 3.96. The van der Waals surface area contributed by atoms with Crippen LogP contribution in [0.25, 0.3) is 11.0 Å². The second-order valence-corrected chi connectivity index (χ2v) is 3.62. The van der Waals surface area contributed by atoms with Crippen molar-refractivity contribution >= 4 is 33.5 Å². The van der Waals surface area contributed by atoms with Gasteiger partial charge >= 0.3 is 0 Å². The van der Waals surface area contributed by atoms with Gasteiger partial charge in [-0.25, -0.2) is 4.98 Å². The number of rotatable bonds is 1. The minimum atomic E-state index is 0.488. The summed E-state index contributed by atoms with van der Waals surface area (Å²) in [4.78, 5) is 4.12. The molecule has 1 aromatic heterocycles. The first-order chi connectivity index (χ1) is 6.33. The van der Waals surface area contributed by atoms with E-state index < -0.39 is 0 Å². The lowest BCUT2D eigenvalue weighted by Gasteiger charge is -2.03. The molecule has 0 aliphatic rings. The Balaban J connectivity index is 2.79. The van der Waals surface area contributed by atoms with E-state index in [2.05, 4.69) is 16.6 Å². The zero-order chi connectivity index (χ0) is 9.26. The van der Waals surface area contributed by atoms with Gasteiger partial charge in [-0.2, -0.15) is 4.73 Å². The molecule has 0 unspecified atom stereocenters. The van der Waals surface area contributed by atoms with E-state index in [1.807, 2.05) is 12.1 Å². The molecule has 0 amide bonds. The van der Waals surface area contributed by atoms with Gasteiger partial charge in [-0.3, -0.25) is 0 Å². The summed E-state index contributed by atoms with van der Waals surface area (Å²) in [6.07, 6.45) is 1.52. The molecule has 13 heavy (non-hydrogen) atoms. The van der Waals surface area contributed by atoms with Crippen molar-refractivity contribution in [1.82, 2.24) is 4.98 Å². The predicted molar refractivity (Wildman–Crippen MR) is 55.5 cm³/mol. The summed E-state index contributed by atoms with van der Waals surface area (Å²) in [5, 5.41) is 12.1. The Morgan fingerprint density at radius 3 is 2.92 bits per heavy atom. The van der Waals surface area contributed by atoms with Crippen molar-refractivity contribution in [2.45, 2.75) is 5.03 Å². The van der Waals surface area contributed by atoms with Gasteiger partial charge in [0.05, 0.1) is 0 Å². The van der Waals surface area contributed by atoms with E-state index in [4.69, 9.17) is 0 Å². The van der Waals surface area contributed by atoms with Crippen molar-refractivity contribution in [3.05, 3.63) is 35.7 Å². The summed E-state index contributed by atoms with van der Waals surface area (Å²) in [5.74, 6) is 0. The lowest BCUT2D eigenvalue weighted by molar-refractivity contribution is -0.618. The van der Waals surface area contributed by atoms with Gasteiger partial charge < -0.3 is 5.21 Å². The van der Waals surface area contributed by atoms with Gasteiger partial charge in [-0.15, -0.1) is 11.7 Å². The number of fused-ring (bicyclic) bond motifs is 1. The Labute approximate surface area is 84.2 Å². The van der Waals surface area contributed by atoms with E-state index in [9.17, 15) is 5.21 Å². The maximum absolute atomic E-state index is 11.6. The molecular formula is C8H6N2OS2. The zero-order valence-corrected chi connectivity index (χ0v) is 8.26. The fourth-order valence-electron chi connectivity index (χ4n) is 1.10. The fourth-order valence-corrected chi connectivity index (χ4v) is 1.74. The molecule has 2 aromatic rings. The molecule has 0 fully saturated rings. The first kappa shape index (κ1) is 8.65. The normalized spacial score (nSPS) is 10.5. The minimum absolute atomic E-state index is 0.488. The van der Waals surface area contributed by atoms with E-state index in [1.54, 1.807) is 12.1 Å². The molecule has 2 rings (SSSR count). The van der Waals surface area contributed by atoms with Crippen LogP contribution in [-0.2, 0) is 0 Å². The molecule has 0 aliphatic heterocycles. The maximum atomic E-state index is 11.6. The van der Waals surface area contributed by atoms with Gasteiger partial charge in [0.2, 0.25) is 5.52 Å². The molecule has 0 N–H and O–H groups in total. The van der Waals surface area contributed by atoms with Gasteiger partial charge in [0.25, 0.3) is 5.03 Å². The van der Waals surface area contributed by atoms with Crippen LogP contribution in [0.5, 0.6) is 0 Å². The van der Waals surface area contributed by atoms with Crippen molar-refractivity contribution in [2.24, 2.45) is 0 Å². The van der Waals surface area contributed by atoms with Crippen molar-refractivity contribution in [3.63, 3.8) is 0 Å². The van der Waals surface area contributed by atoms with Gasteiger partial charge in [0.1, 0.15) is 11.7 Å². The van der Waals surface area contributed by atoms with Crippen LogP contribution in [0.2, 0.25) is 0 Å². The van der Waals surface area contributed by atoms with Gasteiger partial charge in [0.15, 0.2) is 0 Å². The molecule has 0 saturated carbocycles. The quantitative estimate of drug-likeness (QED) is 0.338. The van der Waals surface area contributed by atoms with Gasteiger partial charge in [-0.05, 0) is 6.07 Å². The number of para-hydroxylation sites is 2. The number of thiol groups is 1. The fraction of sp³-hybridized carbons (Fsp3) is 0. The SMILES string of the molecule is [O-][n+]1c(SS)cnc2ccccc21. The number of aromatic nitrogens is 2. The molecule has 3 nitrogen and oxygen atoms in total. The molecule has 0 spiro atoms. The molecule has 1 heterocycles. The third-order valence-corrected chi connectivity index (χ3v) is 2.73. The number of nitrogens with zero attached hydrogens (tertiary/aromatic N) is 2. The highest BCUT2D eigenvalue weighted by atomic mass is 33.1. The second kappa shape index (κ2) is 3.43. The summed E-state index contributed by atoms with van der Waals surface area (Å²) in [6, 6.07) is 7.20. The highest BCUT2D eigenvalue weighted by molar-refractivity contribution is 8.68. The van der Waals surface area contributed by atoms with E-state index >= 15 is 0 Å². The molecule has 0 atom stereocenters. The lowest BCUT2D eigenvalue weighted by Crippen LogP contribution is -2.29. The highest BCUT2D eigenvalue weighted by Crippen LogP contribution is 2.18. The smallest absolute Gasteiger partial charge is 0.280 e. The first-order valence-corrected chi connectivity index (χ1v) is 5.48. The Morgan fingerprint density at radius 1 is 1.38 bits per heavy atom. The Kier molecular flexibility index (Phi) is 2.28. The van der Waals surface area contributed by atoms with Crippen molar-refractivity contribution < 1.29 is 4.73 Å². The van der Waals surface area contributed by atoms with Crippen LogP contribution in [0.1, 0.15) is 0 Å². The number of hydrogen-bond acceptors (Lipinski definition) is 4. The molecule has 0 saturated heterocycles. The van der Waals surface area contributed by atoms with Crippen LogP contribution < -0.4 is 4.73 Å². The first-order valence-electron chi connectivity index (χ1n) is 3.61. The van der Waals surface area contributed by atoms with E-state index in [0.717, 1.165) is 15.5 Å². The Hall–Kier alpha value is -0.940. The van der Waals surface area contributed by atoms with Gasteiger partial charge in [0, 0.05) is 16.9 Å². The van der Waals surface area contributed by atoms with Crippen molar-refractivity contribution in [1.29, 1.82) is 0 Å². The van der Waals surface area contributed by atoms with Crippen molar-refractivity contribution in [3.8, 4) is 0 Å². The number of hydrogen-bond donors (Lipinski definition) is 1. The standard InChI is InChI=1S/C8H6N2OS2/c11-10-7-4-2-1-3-6(7)9-5-8(10)13-12/h1-5,12H. The van der Waals surface area contributed by atoms with E-state index in [0.29, 0.717) is 16.1 Å². The largest absolute Gasteiger partial charge is 0.617 e. The second-order valence-electron chi connectivity index (χ2n) is 2.47. The molecule has 0 bridgehead atoms. The molecule has 5 heteroatoms. The Morgan fingerprint density at radius 2 is 2.15 bits per heavy atom. The topological polar surface area (TPSA) is 39.8 Å². The van der Waals surface area contributed by atoms with Gasteiger partial charge in [-0.1, -0.05) is 12.1 Å². The van der Waals surface area contributed by atoms with E-state index in [-0.39, 0.29) is 0 Å². The molecule has 0 aliphatic carbocycles. The summed E-state index contributed by atoms with van der Waals surface area (Å²) < 4.78 is 0.833. The third-order valence-electron chi connectivity index (χ3n) is 1.71. The molecule has 0 radical (unpaired) electrons. The number of benzene rings is 1. The Bertz CT molecular complexity index is 447. The monoisotopic (exact) mass is 210 g/mol. The average molecular weight is 210 g/mol. The van der Waals surface area contributed by atoms with E-state index in [1.165, 1.54) is 6.20 Å². The highest BCUT2D eigenvalue weighted by Gasteiger charge is 2.09.